The number of ether oxygens (including phenoxy) is 1. The molecule has 0 atom stereocenters. The van der Waals surface area contributed by atoms with Crippen molar-refractivity contribution < 1.29 is 4.74 Å². The highest BCUT2D eigenvalue weighted by Crippen LogP contribution is 2.30. The molecule has 2 aromatic carbocycles. The highest BCUT2D eigenvalue weighted by atomic mass is 35.5. The molecule has 0 fully saturated rings. The quantitative estimate of drug-likeness (QED) is 0.571. The Hall–Kier alpha value is -1.95. The van der Waals surface area contributed by atoms with E-state index < -0.39 is 0 Å². The van der Waals surface area contributed by atoms with Crippen molar-refractivity contribution in [1.29, 1.82) is 0 Å². The SMILES string of the molecule is COc1ccc(-n2cc(CNCCSC)c(-c3ccccc3Cl)n2)cc1. The molecule has 1 aromatic heterocycles. The van der Waals surface area contributed by atoms with E-state index >= 15 is 0 Å². The number of aromatic nitrogens is 2. The lowest BCUT2D eigenvalue weighted by Gasteiger charge is -2.05. The number of rotatable bonds is 8. The van der Waals surface area contributed by atoms with Gasteiger partial charge in [0, 0.05) is 36.2 Å². The van der Waals surface area contributed by atoms with Gasteiger partial charge in [-0.15, -0.1) is 0 Å². The smallest absolute Gasteiger partial charge is 0.119 e. The molecule has 3 aromatic rings. The van der Waals surface area contributed by atoms with Crippen molar-refractivity contribution in [2.75, 3.05) is 25.7 Å². The Labute approximate surface area is 163 Å². The van der Waals surface area contributed by atoms with Crippen LogP contribution in [0.3, 0.4) is 0 Å². The molecule has 1 heterocycles. The number of nitrogens with zero attached hydrogens (tertiary/aromatic N) is 2. The topological polar surface area (TPSA) is 39.1 Å². The number of nitrogens with one attached hydrogen (secondary N) is 1. The van der Waals surface area contributed by atoms with Crippen LogP contribution < -0.4 is 10.1 Å². The van der Waals surface area contributed by atoms with Gasteiger partial charge in [0.15, 0.2) is 0 Å². The monoisotopic (exact) mass is 387 g/mol. The van der Waals surface area contributed by atoms with E-state index in [9.17, 15) is 0 Å². The highest BCUT2D eigenvalue weighted by Gasteiger charge is 2.14. The zero-order valence-corrected chi connectivity index (χ0v) is 16.5. The standard InChI is InChI=1S/C20H22ClN3OS/c1-25-17-9-7-16(8-10-17)24-14-15(13-22-11-12-26-2)20(23-24)18-5-3-4-6-19(18)21/h3-10,14,22H,11-13H2,1-2H3. The number of thioether (sulfide) groups is 1. The van der Waals surface area contributed by atoms with Gasteiger partial charge >= 0.3 is 0 Å². The molecule has 0 spiro atoms. The number of methoxy groups -OCH3 is 1. The Balaban J connectivity index is 1.95. The van der Waals surface area contributed by atoms with Crippen LogP contribution in [0.2, 0.25) is 5.02 Å². The lowest BCUT2D eigenvalue weighted by Crippen LogP contribution is -2.16. The van der Waals surface area contributed by atoms with E-state index in [1.54, 1.807) is 7.11 Å². The van der Waals surface area contributed by atoms with Gasteiger partial charge in [-0.05, 0) is 36.6 Å². The van der Waals surface area contributed by atoms with Crippen LogP contribution in [0.4, 0.5) is 0 Å². The fourth-order valence-electron chi connectivity index (χ4n) is 2.68. The fourth-order valence-corrected chi connectivity index (χ4v) is 3.26. The summed E-state index contributed by atoms with van der Waals surface area (Å²) in [5.41, 5.74) is 3.95. The average Bonchev–Trinajstić information content (AvgIpc) is 3.09. The maximum atomic E-state index is 6.42. The summed E-state index contributed by atoms with van der Waals surface area (Å²) in [5.74, 6) is 1.90. The van der Waals surface area contributed by atoms with Crippen molar-refractivity contribution in [3.63, 3.8) is 0 Å². The molecule has 0 aliphatic heterocycles. The molecule has 0 bridgehead atoms. The number of hydrogen-bond donors (Lipinski definition) is 1. The largest absolute Gasteiger partial charge is 0.497 e. The predicted octanol–water partition coefficient (Wildman–Crippen LogP) is 4.65. The summed E-state index contributed by atoms with van der Waals surface area (Å²) in [4.78, 5) is 0. The van der Waals surface area contributed by atoms with E-state index in [-0.39, 0.29) is 0 Å². The van der Waals surface area contributed by atoms with Gasteiger partial charge in [-0.1, -0.05) is 29.8 Å². The second-order valence-corrected chi connectivity index (χ2v) is 7.19. The zero-order valence-electron chi connectivity index (χ0n) is 14.9. The first-order valence-electron chi connectivity index (χ1n) is 8.40. The van der Waals surface area contributed by atoms with Crippen LogP contribution in [0.5, 0.6) is 5.75 Å². The summed E-state index contributed by atoms with van der Waals surface area (Å²) in [5, 5.41) is 9.00. The first-order valence-corrected chi connectivity index (χ1v) is 10.2. The van der Waals surface area contributed by atoms with Crippen molar-refractivity contribution >= 4 is 23.4 Å². The molecule has 0 saturated carbocycles. The van der Waals surface area contributed by atoms with Crippen LogP contribution >= 0.6 is 23.4 Å². The van der Waals surface area contributed by atoms with Gasteiger partial charge in [-0.25, -0.2) is 4.68 Å². The average molecular weight is 388 g/mol. The molecule has 0 radical (unpaired) electrons. The third-order valence-electron chi connectivity index (χ3n) is 4.05. The molecule has 26 heavy (non-hydrogen) atoms. The number of benzene rings is 2. The van der Waals surface area contributed by atoms with E-state index in [0.29, 0.717) is 5.02 Å². The summed E-state index contributed by atoms with van der Waals surface area (Å²) in [7, 11) is 1.66. The Morgan fingerprint density at radius 3 is 2.62 bits per heavy atom. The minimum absolute atomic E-state index is 0.706. The van der Waals surface area contributed by atoms with Crippen LogP contribution in [0.1, 0.15) is 5.56 Å². The van der Waals surface area contributed by atoms with Crippen LogP contribution in [0, 0.1) is 0 Å². The summed E-state index contributed by atoms with van der Waals surface area (Å²) >= 11 is 8.25. The van der Waals surface area contributed by atoms with Gasteiger partial charge in [0.2, 0.25) is 0 Å². The molecule has 0 unspecified atom stereocenters. The first-order chi connectivity index (χ1) is 12.7. The Kier molecular flexibility index (Phi) is 6.61. The number of halogens is 1. The molecule has 0 amide bonds. The van der Waals surface area contributed by atoms with E-state index in [1.807, 2.05) is 65.0 Å². The van der Waals surface area contributed by atoms with Crippen LogP contribution in [-0.4, -0.2) is 35.4 Å². The van der Waals surface area contributed by atoms with Crippen molar-refractivity contribution in [2.45, 2.75) is 6.54 Å². The van der Waals surface area contributed by atoms with Gasteiger partial charge in [-0.2, -0.15) is 16.9 Å². The second-order valence-electron chi connectivity index (χ2n) is 5.79. The van der Waals surface area contributed by atoms with Crippen molar-refractivity contribution in [1.82, 2.24) is 15.1 Å². The van der Waals surface area contributed by atoms with Gasteiger partial charge in [0.1, 0.15) is 5.75 Å². The molecule has 0 aliphatic carbocycles. The van der Waals surface area contributed by atoms with Gasteiger partial charge in [0.25, 0.3) is 0 Å². The fraction of sp³-hybridized carbons (Fsp3) is 0.250. The normalized spacial score (nSPS) is 10.9. The molecule has 6 heteroatoms. The Morgan fingerprint density at radius 2 is 1.92 bits per heavy atom. The first kappa shape index (κ1) is 18.8. The zero-order chi connectivity index (χ0) is 18.4. The molecule has 136 valence electrons. The summed E-state index contributed by atoms with van der Waals surface area (Å²) in [6.45, 7) is 1.70. The maximum absolute atomic E-state index is 6.42. The van der Waals surface area contributed by atoms with E-state index in [1.165, 1.54) is 0 Å². The highest BCUT2D eigenvalue weighted by molar-refractivity contribution is 7.98. The van der Waals surface area contributed by atoms with E-state index in [0.717, 1.165) is 47.1 Å². The van der Waals surface area contributed by atoms with Crippen molar-refractivity contribution in [3.8, 4) is 22.7 Å². The molecular formula is C20H22ClN3OS. The maximum Gasteiger partial charge on any atom is 0.119 e. The van der Waals surface area contributed by atoms with Crippen molar-refractivity contribution in [2.24, 2.45) is 0 Å². The van der Waals surface area contributed by atoms with E-state index in [2.05, 4.69) is 17.8 Å². The molecule has 3 rings (SSSR count). The molecule has 0 saturated heterocycles. The Bertz CT molecular complexity index is 849. The third-order valence-corrected chi connectivity index (χ3v) is 5.00. The lowest BCUT2D eigenvalue weighted by molar-refractivity contribution is 0.414. The summed E-state index contributed by atoms with van der Waals surface area (Å²) < 4.78 is 7.13. The third kappa shape index (κ3) is 4.41. The molecule has 0 aliphatic rings. The predicted molar refractivity (Wildman–Crippen MR) is 111 cm³/mol. The minimum Gasteiger partial charge on any atom is -0.497 e. The van der Waals surface area contributed by atoms with E-state index in [4.69, 9.17) is 21.4 Å². The lowest BCUT2D eigenvalue weighted by atomic mass is 10.1. The van der Waals surface area contributed by atoms with Crippen LogP contribution in [0.25, 0.3) is 16.9 Å². The van der Waals surface area contributed by atoms with Crippen molar-refractivity contribution in [3.05, 3.63) is 65.3 Å². The van der Waals surface area contributed by atoms with Crippen LogP contribution in [-0.2, 0) is 6.54 Å². The summed E-state index contributed by atoms with van der Waals surface area (Å²) in [6, 6.07) is 15.7. The number of hydrogen-bond acceptors (Lipinski definition) is 4. The summed E-state index contributed by atoms with van der Waals surface area (Å²) in [6.07, 6.45) is 4.17. The van der Waals surface area contributed by atoms with Gasteiger partial charge in [0.05, 0.1) is 23.5 Å². The molecule has 1 N–H and O–H groups in total. The molecule has 4 nitrogen and oxygen atoms in total. The molecular weight excluding hydrogens is 366 g/mol. The minimum atomic E-state index is 0.706. The van der Waals surface area contributed by atoms with Gasteiger partial charge < -0.3 is 10.1 Å². The Morgan fingerprint density at radius 1 is 1.15 bits per heavy atom. The van der Waals surface area contributed by atoms with Crippen LogP contribution in [0.15, 0.2) is 54.7 Å². The second kappa shape index (κ2) is 9.12. The van der Waals surface area contributed by atoms with Gasteiger partial charge in [-0.3, -0.25) is 0 Å².